The molecule has 0 saturated heterocycles. The lowest BCUT2D eigenvalue weighted by Crippen LogP contribution is -2.27. The summed E-state index contributed by atoms with van der Waals surface area (Å²) in [4.78, 5) is 45.9. The minimum atomic E-state index is -0.0579. The first kappa shape index (κ1) is 43.2. The quantitative estimate of drug-likeness (QED) is 0.0539. The molecule has 0 atom stereocenters. The molecular formula is C44H58N6O7. The van der Waals surface area contributed by atoms with Crippen LogP contribution in [0.5, 0.6) is 0 Å². The molecule has 5 rings (SSSR count). The van der Waals surface area contributed by atoms with Crippen molar-refractivity contribution in [2.75, 3.05) is 76.6 Å². The number of amides is 3. The van der Waals surface area contributed by atoms with E-state index >= 15 is 0 Å². The predicted molar refractivity (Wildman–Crippen MR) is 222 cm³/mol. The number of ether oxygens (including phenoxy) is 4. The van der Waals surface area contributed by atoms with Gasteiger partial charge in [0.05, 0.1) is 58.4 Å². The molecule has 4 aromatic rings. The number of benzene rings is 3. The van der Waals surface area contributed by atoms with Crippen LogP contribution in [0.2, 0.25) is 0 Å². The fourth-order valence-corrected chi connectivity index (χ4v) is 6.50. The molecule has 1 aliphatic rings. The van der Waals surface area contributed by atoms with E-state index in [9.17, 15) is 14.4 Å². The van der Waals surface area contributed by atoms with E-state index in [4.69, 9.17) is 28.9 Å². The maximum Gasteiger partial charge on any atom is 0.224 e. The normalized spacial score (nSPS) is 12.4. The Balaban J connectivity index is 0.868. The third-order valence-electron chi connectivity index (χ3n) is 9.46. The second kappa shape index (κ2) is 24.6. The van der Waals surface area contributed by atoms with E-state index in [2.05, 4.69) is 51.6 Å². The molecule has 0 aliphatic heterocycles. The largest absolute Gasteiger partial charge is 0.379 e. The van der Waals surface area contributed by atoms with Gasteiger partial charge in [-0.15, -0.1) is 0 Å². The van der Waals surface area contributed by atoms with Crippen molar-refractivity contribution in [3.63, 3.8) is 0 Å². The number of nitrogens with zero attached hydrogens (tertiary/aromatic N) is 2. The van der Waals surface area contributed by atoms with Crippen molar-refractivity contribution in [1.29, 1.82) is 0 Å². The van der Waals surface area contributed by atoms with Gasteiger partial charge in [-0.3, -0.25) is 14.4 Å². The van der Waals surface area contributed by atoms with E-state index < -0.39 is 0 Å². The van der Waals surface area contributed by atoms with Crippen molar-refractivity contribution < 1.29 is 33.3 Å². The number of hydrogen-bond donors (Lipinski definition) is 4. The summed E-state index contributed by atoms with van der Waals surface area (Å²) in [7, 11) is 0. The monoisotopic (exact) mass is 782 g/mol. The highest BCUT2D eigenvalue weighted by Gasteiger charge is 2.22. The molecule has 57 heavy (non-hydrogen) atoms. The van der Waals surface area contributed by atoms with Crippen LogP contribution in [0.3, 0.4) is 0 Å². The summed E-state index contributed by atoms with van der Waals surface area (Å²) in [5.74, 6) is 1.41. The van der Waals surface area contributed by atoms with E-state index in [1.165, 1.54) is 11.1 Å². The SMILES string of the molecule is CCCC(=O)NCCOCCOCCOCCOCCC(=O)NCCCCCC(=O)Nc1ccc(-c2nc(NC3Cc4ccccc4C3)c3ccccc3n2)cc1. The van der Waals surface area contributed by atoms with Crippen LogP contribution in [0, 0.1) is 0 Å². The summed E-state index contributed by atoms with van der Waals surface area (Å²) in [6.07, 6.45) is 6.35. The zero-order chi connectivity index (χ0) is 39.9. The van der Waals surface area contributed by atoms with Gasteiger partial charge in [-0.2, -0.15) is 0 Å². The van der Waals surface area contributed by atoms with Crippen LogP contribution in [0.4, 0.5) is 11.5 Å². The van der Waals surface area contributed by atoms with Crippen LogP contribution < -0.4 is 21.3 Å². The Bertz CT molecular complexity index is 1810. The van der Waals surface area contributed by atoms with Gasteiger partial charge in [0.15, 0.2) is 5.82 Å². The van der Waals surface area contributed by atoms with Gasteiger partial charge in [0.25, 0.3) is 0 Å². The number of nitrogens with one attached hydrogen (secondary N) is 4. The second-order valence-corrected chi connectivity index (χ2v) is 14.0. The van der Waals surface area contributed by atoms with Crippen LogP contribution in [-0.4, -0.2) is 99.7 Å². The van der Waals surface area contributed by atoms with E-state index in [-0.39, 0.29) is 30.2 Å². The molecule has 1 aromatic heterocycles. The van der Waals surface area contributed by atoms with E-state index in [0.717, 1.165) is 66.5 Å². The van der Waals surface area contributed by atoms with E-state index in [1.54, 1.807) is 0 Å². The fourth-order valence-electron chi connectivity index (χ4n) is 6.50. The molecule has 0 radical (unpaired) electrons. The maximum absolute atomic E-state index is 12.6. The van der Waals surface area contributed by atoms with Crippen LogP contribution in [0.1, 0.15) is 63.0 Å². The minimum absolute atomic E-state index is 0.0433. The number of para-hydroxylation sites is 1. The zero-order valence-electron chi connectivity index (χ0n) is 33.2. The molecule has 0 bridgehead atoms. The Morgan fingerprint density at radius 3 is 1.93 bits per heavy atom. The molecule has 3 amide bonds. The highest BCUT2D eigenvalue weighted by atomic mass is 16.6. The number of carbonyl (C=O) groups is 3. The van der Waals surface area contributed by atoms with Crippen molar-refractivity contribution in [3.05, 3.63) is 83.9 Å². The maximum atomic E-state index is 12.6. The van der Waals surface area contributed by atoms with Gasteiger partial charge in [0.1, 0.15) is 5.82 Å². The Kier molecular flexibility index (Phi) is 18.7. The smallest absolute Gasteiger partial charge is 0.224 e. The van der Waals surface area contributed by atoms with Gasteiger partial charge in [-0.25, -0.2) is 9.97 Å². The Morgan fingerprint density at radius 1 is 0.614 bits per heavy atom. The number of unbranched alkanes of at least 4 members (excludes halogenated alkanes) is 2. The van der Waals surface area contributed by atoms with Crippen molar-refractivity contribution in [1.82, 2.24) is 20.6 Å². The average Bonchev–Trinajstić information content (AvgIpc) is 3.63. The van der Waals surface area contributed by atoms with Gasteiger partial charge in [0.2, 0.25) is 17.7 Å². The first-order valence-corrected chi connectivity index (χ1v) is 20.3. The highest BCUT2D eigenvalue weighted by molar-refractivity contribution is 5.92. The number of hydrogen-bond acceptors (Lipinski definition) is 10. The molecule has 3 aromatic carbocycles. The Morgan fingerprint density at radius 2 is 1.23 bits per heavy atom. The van der Waals surface area contributed by atoms with Crippen molar-refractivity contribution in [3.8, 4) is 11.4 Å². The molecule has 13 heteroatoms. The van der Waals surface area contributed by atoms with Gasteiger partial charge in [0, 0.05) is 55.0 Å². The van der Waals surface area contributed by atoms with Gasteiger partial charge < -0.3 is 40.2 Å². The van der Waals surface area contributed by atoms with Crippen LogP contribution in [-0.2, 0) is 46.2 Å². The Hall–Kier alpha value is -4.95. The lowest BCUT2D eigenvalue weighted by molar-refractivity contribution is -0.122. The first-order chi connectivity index (χ1) is 28.0. The highest BCUT2D eigenvalue weighted by Crippen LogP contribution is 2.29. The molecule has 0 saturated carbocycles. The minimum Gasteiger partial charge on any atom is -0.379 e. The van der Waals surface area contributed by atoms with Crippen LogP contribution in [0.25, 0.3) is 22.3 Å². The van der Waals surface area contributed by atoms with Gasteiger partial charge in [-0.05, 0) is 79.6 Å². The summed E-state index contributed by atoms with van der Waals surface area (Å²) in [5.41, 5.74) is 5.24. The number of fused-ring (bicyclic) bond motifs is 2. The first-order valence-electron chi connectivity index (χ1n) is 20.3. The summed E-state index contributed by atoms with van der Waals surface area (Å²) in [6, 6.07) is 24.6. The second-order valence-electron chi connectivity index (χ2n) is 14.0. The standard InChI is InChI=1S/C44H58N6O7/c1-2-10-40(51)46-22-24-55-26-28-57-30-29-56-27-25-54-23-20-41(52)45-21-9-3-4-15-42(53)47-36-18-16-33(17-19-36)43-49-39-14-8-7-13-38(39)44(50-43)48-37-31-34-11-5-6-12-35(34)32-37/h5-8,11-14,16-19,37H,2-4,9-10,15,20-32H2,1H3,(H,45,52)(H,46,51)(H,47,53)(H,48,49,50). The molecule has 4 N–H and O–H groups in total. The molecule has 306 valence electrons. The summed E-state index contributed by atoms with van der Waals surface area (Å²) < 4.78 is 21.8. The van der Waals surface area contributed by atoms with Gasteiger partial charge in [-0.1, -0.05) is 49.7 Å². The third-order valence-corrected chi connectivity index (χ3v) is 9.46. The molecular weight excluding hydrogens is 725 g/mol. The van der Waals surface area contributed by atoms with Crippen LogP contribution in [0.15, 0.2) is 72.8 Å². The lowest BCUT2D eigenvalue weighted by atomic mass is 10.1. The third kappa shape index (κ3) is 15.5. The van der Waals surface area contributed by atoms with Crippen molar-refractivity contribution in [2.24, 2.45) is 0 Å². The number of anilines is 2. The van der Waals surface area contributed by atoms with Gasteiger partial charge >= 0.3 is 0 Å². The summed E-state index contributed by atoms with van der Waals surface area (Å²) in [6.45, 7) is 6.49. The molecule has 1 aliphatic carbocycles. The number of carbonyl (C=O) groups excluding carboxylic acids is 3. The molecule has 0 unspecified atom stereocenters. The Labute approximate surface area is 336 Å². The topological polar surface area (TPSA) is 162 Å². The molecule has 0 fully saturated rings. The average molecular weight is 783 g/mol. The lowest BCUT2D eigenvalue weighted by Gasteiger charge is -2.16. The number of rotatable bonds is 27. The fraction of sp³-hybridized carbons (Fsp3) is 0.477. The molecule has 13 nitrogen and oxygen atoms in total. The summed E-state index contributed by atoms with van der Waals surface area (Å²) >= 11 is 0. The van der Waals surface area contributed by atoms with E-state index in [0.29, 0.717) is 84.6 Å². The number of aromatic nitrogens is 2. The predicted octanol–water partition coefficient (Wildman–Crippen LogP) is 5.86. The van der Waals surface area contributed by atoms with Crippen molar-refractivity contribution in [2.45, 2.75) is 70.8 Å². The van der Waals surface area contributed by atoms with Crippen molar-refractivity contribution >= 4 is 40.1 Å². The van der Waals surface area contributed by atoms with E-state index in [1.807, 2.05) is 49.4 Å². The zero-order valence-corrected chi connectivity index (χ0v) is 33.2. The molecule has 1 heterocycles. The molecule has 0 spiro atoms. The summed E-state index contributed by atoms with van der Waals surface area (Å²) in [5, 5.41) is 13.4. The van der Waals surface area contributed by atoms with Crippen LogP contribution >= 0.6 is 0 Å².